The van der Waals surface area contributed by atoms with Crippen LogP contribution in [0.4, 0.5) is 5.82 Å². The molecule has 0 amide bonds. The highest BCUT2D eigenvalue weighted by Gasteiger charge is 2.26. The van der Waals surface area contributed by atoms with Gasteiger partial charge in [0.2, 0.25) is 0 Å². The van der Waals surface area contributed by atoms with Crippen molar-refractivity contribution in [1.29, 1.82) is 0 Å². The van der Waals surface area contributed by atoms with E-state index in [2.05, 4.69) is 23.7 Å². The van der Waals surface area contributed by atoms with E-state index in [1.165, 1.54) is 6.42 Å². The van der Waals surface area contributed by atoms with Gasteiger partial charge in [0.25, 0.3) is 0 Å². The number of rotatable bonds is 1. The quantitative estimate of drug-likeness (QED) is 0.709. The molecule has 0 N–H and O–H groups in total. The Labute approximate surface area is 89.9 Å². The van der Waals surface area contributed by atoms with E-state index >= 15 is 0 Å². The molecule has 1 aliphatic rings. The van der Waals surface area contributed by atoms with Crippen molar-refractivity contribution >= 4 is 17.4 Å². The number of nitrogens with zero attached hydrogens (tertiary/aromatic N) is 2. The van der Waals surface area contributed by atoms with Gasteiger partial charge in [0.1, 0.15) is 5.82 Å². The lowest BCUT2D eigenvalue weighted by molar-refractivity contribution is 0.625. The van der Waals surface area contributed by atoms with Crippen molar-refractivity contribution < 1.29 is 0 Å². The van der Waals surface area contributed by atoms with Gasteiger partial charge in [-0.1, -0.05) is 18.5 Å². The fraction of sp³-hybridized carbons (Fsp3) is 0.545. The molecule has 0 aliphatic carbocycles. The van der Waals surface area contributed by atoms with E-state index in [0.717, 1.165) is 18.3 Å². The zero-order chi connectivity index (χ0) is 10.1. The molecule has 0 saturated carbocycles. The van der Waals surface area contributed by atoms with Crippen molar-refractivity contribution in [3.8, 4) is 0 Å². The fourth-order valence-corrected chi connectivity index (χ4v) is 2.27. The molecule has 76 valence electrons. The predicted molar refractivity (Wildman–Crippen MR) is 59.8 cm³/mol. The Hall–Kier alpha value is -0.760. The summed E-state index contributed by atoms with van der Waals surface area (Å²) in [6.45, 7) is 5.64. The molecule has 1 fully saturated rings. The third-order valence-electron chi connectivity index (χ3n) is 2.79. The smallest absolute Gasteiger partial charge is 0.128 e. The van der Waals surface area contributed by atoms with Crippen molar-refractivity contribution in [1.82, 2.24) is 4.98 Å². The first kappa shape index (κ1) is 9.78. The van der Waals surface area contributed by atoms with Gasteiger partial charge in [0.15, 0.2) is 0 Å². The summed E-state index contributed by atoms with van der Waals surface area (Å²) in [5.41, 5.74) is 0. The summed E-state index contributed by atoms with van der Waals surface area (Å²) in [6, 6.07) is 4.50. The van der Waals surface area contributed by atoms with Gasteiger partial charge in [-0.25, -0.2) is 4.98 Å². The van der Waals surface area contributed by atoms with Crippen molar-refractivity contribution in [2.45, 2.75) is 26.3 Å². The highest BCUT2D eigenvalue weighted by atomic mass is 35.5. The molecule has 14 heavy (non-hydrogen) atoms. The lowest BCUT2D eigenvalue weighted by Gasteiger charge is -2.22. The summed E-state index contributed by atoms with van der Waals surface area (Å²) in [5, 5.41) is 0.702. The van der Waals surface area contributed by atoms with Crippen LogP contribution in [0.1, 0.15) is 20.3 Å². The molecule has 0 bridgehead atoms. The number of hydrogen-bond donors (Lipinski definition) is 0. The van der Waals surface area contributed by atoms with Gasteiger partial charge >= 0.3 is 0 Å². The van der Waals surface area contributed by atoms with Crippen LogP contribution in [0.15, 0.2) is 18.3 Å². The molecule has 1 aliphatic heterocycles. The molecular weight excluding hydrogens is 196 g/mol. The van der Waals surface area contributed by atoms with Crippen LogP contribution in [-0.4, -0.2) is 17.6 Å². The second-order valence-electron chi connectivity index (χ2n) is 4.18. The van der Waals surface area contributed by atoms with E-state index in [1.54, 1.807) is 6.20 Å². The zero-order valence-corrected chi connectivity index (χ0v) is 9.33. The monoisotopic (exact) mass is 210 g/mol. The summed E-state index contributed by atoms with van der Waals surface area (Å²) >= 11 is 5.80. The van der Waals surface area contributed by atoms with Crippen molar-refractivity contribution in [3.05, 3.63) is 23.4 Å². The van der Waals surface area contributed by atoms with Gasteiger partial charge in [-0.15, -0.1) is 0 Å². The Morgan fingerprint density at radius 3 is 2.71 bits per heavy atom. The Morgan fingerprint density at radius 2 is 2.21 bits per heavy atom. The molecular formula is C11H15ClN2. The Kier molecular flexibility index (Phi) is 2.64. The molecule has 2 atom stereocenters. The maximum Gasteiger partial charge on any atom is 0.128 e. The molecule has 2 heterocycles. The van der Waals surface area contributed by atoms with E-state index in [9.17, 15) is 0 Å². The second-order valence-corrected chi connectivity index (χ2v) is 4.61. The third-order valence-corrected chi connectivity index (χ3v) is 3.01. The molecule has 2 unspecified atom stereocenters. The third kappa shape index (κ3) is 1.85. The van der Waals surface area contributed by atoms with Crippen LogP contribution in [0.3, 0.4) is 0 Å². The average Bonchev–Trinajstić information content (AvgIpc) is 2.47. The fourth-order valence-electron chi connectivity index (χ4n) is 2.16. The van der Waals surface area contributed by atoms with Crippen LogP contribution >= 0.6 is 11.6 Å². The average molecular weight is 211 g/mol. The molecule has 0 aromatic carbocycles. The summed E-state index contributed by atoms with van der Waals surface area (Å²) in [4.78, 5) is 6.69. The molecule has 2 rings (SSSR count). The van der Waals surface area contributed by atoms with E-state index in [1.807, 2.05) is 12.1 Å². The molecule has 1 aromatic heterocycles. The van der Waals surface area contributed by atoms with Gasteiger partial charge in [0, 0.05) is 18.8 Å². The highest BCUT2D eigenvalue weighted by Crippen LogP contribution is 2.27. The molecule has 0 radical (unpaired) electrons. The standard InChI is InChI=1S/C11H15ClN2/c1-8-5-9(2)14(7-8)11-4-3-10(12)6-13-11/h3-4,6,8-9H,5,7H2,1-2H3. The Morgan fingerprint density at radius 1 is 1.43 bits per heavy atom. The number of anilines is 1. The molecule has 1 saturated heterocycles. The van der Waals surface area contributed by atoms with Crippen molar-refractivity contribution in [2.24, 2.45) is 5.92 Å². The lowest BCUT2D eigenvalue weighted by atomic mass is 10.1. The summed E-state index contributed by atoms with van der Waals surface area (Å²) in [7, 11) is 0. The molecule has 0 spiro atoms. The number of aromatic nitrogens is 1. The van der Waals surface area contributed by atoms with Crippen LogP contribution in [-0.2, 0) is 0 Å². The number of pyridine rings is 1. The van der Waals surface area contributed by atoms with Crippen LogP contribution in [0.25, 0.3) is 0 Å². The first-order valence-corrected chi connectivity index (χ1v) is 5.43. The van der Waals surface area contributed by atoms with Gasteiger partial charge in [0.05, 0.1) is 5.02 Å². The zero-order valence-electron chi connectivity index (χ0n) is 8.57. The van der Waals surface area contributed by atoms with Crippen LogP contribution in [0.2, 0.25) is 5.02 Å². The van der Waals surface area contributed by atoms with Gasteiger partial charge in [-0.05, 0) is 31.4 Å². The molecule has 2 nitrogen and oxygen atoms in total. The van der Waals surface area contributed by atoms with Crippen LogP contribution < -0.4 is 4.90 Å². The number of hydrogen-bond acceptors (Lipinski definition) is 2. The maximum absolute atomic E-state index is 5.80. The predicted octanol–water partition coefficient (Wildman–Crippen LogP) is 2.97. The van der Waals surface area contributed by atoms with Gasteiger partial charge < -0.3 is 4.90 Å². The maximum atomic E-state index is 5.80. The minimum atomic E-state index is 0.596. The summed E-state index contributed by atoms with van der Waals surface area (Å²) < 4.78 is 0. The minimum Gasteiger partial charge on any atom is -0.354 e. The van der Waals surface area contributed by atoms with Crippen molar-refractivity contribution in [2.75, 3.05) is 11.4 Å². The molecule has 3 heteroatoms. The lowest BCUT2D eigenvalue weighted by Crippen LogP contribution is -2.27. The second kappa shape index (κ2) is 3.77. The Balaban J connectivity index is 2.19. The Bertz CT molecular complexity index is 310. The topological polar surface area (TPSA) is 16.1 Å². The SMILES string of the molecule is CC1CC(C)N(c2ccc(Cl)cn2)C1. The summed E-state index contributed by atoms with van der Waals surface area (Å²) in [6.07, 6.45) is 2.97. The van der Waals surface area contributed by atoms with Crippen molar-refractivity contribution in [3.63, 3.8) is 0 Å². The first-order valence-electron chi connectivity index (χ1n) is 5.05. The van der Waals surface area contributed by atoms with Crippen LogP contribution in [0, 0.1) is 5.92 Å². The van der Waals surface area contributed by atoms with E-state index in [-0.39, 0.29) is 0 Å². The molecule has 1 aromatic rings. The minimum absolute atomic E-state index is 0.596. The van der Waals surface area contributed by atoms with E-state index < -0.39 is 0 Å². The van der Waals surface area contributed by atoms with Gasteiger partial charge in [-0.3, -0.25) is 0 Å². The first-order chi connectivity index (χ1) is 6.66. The largest absolute Gasteiger partial charge is 0.354 e. The number of halogens is 1. The summed E-state index contributed by atoms with van der Waals surface area (Å²) in [5.74, 6) is 1.81. The van der Waals surface area contributed by atoms with Crippen LogP contribution in [0.5, 0.6) is 0 Å². The highest BCUT2D eigenvalue weighted by molar-refractivity contribution is 6.30. The normalized spacial score (nSPS) is 26.9. The van der Waals surface area contributed by atoms with Gasteiger partial charge in [-0.2, -0.15) is 0 Å². The van der Waals surface area contributed by atoms with E-state index in [0.29, 0.717) is 11.1 Å². The van der Waals surface area contributed by atoms with E-state index in [4.69, 9.17) is 11.6 Å².